The number of pyridine rings is 1. The zero-order valence-corrected chi connectivity index (χ0v) is 23.9. The van der Waals surface area contributed by atoms with E-state index in [2.05, 4.69) is 17.1 Å². The van der Waals surface area contributed by atoms with Gasteiger partial charge < -0.3 is 23.9 Å². The molecule has 2 aliphatic heterocycles. The lowest BCUT2D eigenvalue weighted by Crippen LogP contribution is -2.42. The summed E-state index contributed by atoms with van der Waals surface area (Å²) in [7, 11) is 0. The van der Waals surface area contributed by atoms with Gasteiger partial charge in [0.15, 0.2) is 11.5 Å². The Hall–Kier alpha value is -4.95. The van der Waals surface area contributed by atoms with Gasteiger partial charge in [-0.2, -0.15) is 0 Å². The number of ether oxygens (including phenoxy) is 2. The van der Waals surface area contributed by atoms with Crippen molar-refractivity contribution in [2.45, 2.75) is 25.2 Å². The van der Waals surface area contributed by atoms with E-state index in [0.717, 1.165) is 34.8 Å². The van der Waals surface area contributed by atoms with Crippen molar-refractivity contribution in [1.29, 1.82) is 0 Å². The van der Waals surface area contributed by atoms with E-state index in [1.54, 1.807) is 11.1 Å². The molecule has 44 heavy (non-hydrogen) atoms. The number of aromatic nitrogens is 2. The number of carbonyl (C=O) groups excluding carboxylic acids is 1. The van der Waals surface area contributed by atoms with Crippen LogP contribution in [0.15, 0.2) is 77.7 Å². The number of rotatable bonds is 2. The minimum absolute atomic E-state index is 0.0129. The van der Waals surface area contributed by atoms with Crippen LogP contribution in [0.4, 0.5) is 4.39 Å². The highest BCUT2D eigenvalue weighted by molar-refractivity contribution is 6.01. The monoisotopic (exact) mass is 585 g/mol. The maximum absolute atomic E-state index is 16.4. The van der Waals surface area contributed by atoms with Crippen LogP contribution in [0.2, 0.25) is 0 Å². The number of halogens is 1. The third kappa shape index (κ3) is 3.70. The molecule has 0 saturated carbocycles. The predicted molar refractivity (Wildman–Crippen MR) is 167 cm³/mol. The second-order valence-corrected chi connectivity index (χ2v) is 12.0. The highest BCUT2D eigenvalue weighted by Crippen LogP contribution is 2.48. The van der Waals surface area contributed by atoms with Gasteiger partial charge in [-0.3, -0.25) is 9.59 Å². The third-order valence-electron chi connectivity index (χ3n) is 9.56. The summed E-state index contributed by atoms with van der Waals surface area (Å²) in [5.41, 5.74) is 4.68. The van der Waals surface area contributed by atoms with Gasteiger partial charge in [0.05, 0.1) is 24.3 Å². The normalized spacial score (nSPS) is 17.5. The molecular weight excluding hydrogens is 557 g/mol. The van der Waals surface area contributed by atoms with E-state index in [9.17, 15) is 9.59 Å². The average molecular weight is 586 g/mol. The molecule has 1 saturated heterocycles. The van der Waals surface area contributed by atoms with Crippen LogP contribution in [-0.4, -0.2) is 46.7 Å². The Morgan fingerprint density at radius 2 is 1.73 bits per heavy atom. The molecule has 1 atom stereocenters. The summed E-state index contributed by atoms with van der Waals surface area (Å²) in [4.78, 5) is 32.8. The van der Waals surface area contributed by atoms with E-state index in [-0.39, 0.29) is 22.8 Å². The van der Waals surface area contributed by atoms with Gasteiger partial charge in [-0.15, -0.1) is 0 Å². The van der Waals surface area contributed by atoms with Crippen LogP contribution < -0.4 is 10.2 Å². The minimum Gasteiger partial charge on any atom is -0.452 e. The number of aryl methyl sites for hydroxylation is 1. The van der Waals surface area contributed by atoms with Crippen molar-refractivity contribution in [3.63, 3.8) is 0 Å². The Morgan fingerprint density at radius 3 is 2.57 bits per heavy atom. The van der Waals surface area contributed by atoms with Crippen LogP contribution in [0.3, 0.4) is 0 Å². The molecule has 1 N–H and O–H groups in total. The van der Waals surface area contributed by atoms with Gasteiger partial charge in [0.25, 0.3) is 5.91 Å². The Labute approximate surface area is 251 Å². The van der Waals surface area contributed by atoms with Gasteiger partial charge in [0.1, 0.15) is 16.9 Å². The Bertz CT molecular complexity index is 2240. The van der Waals surface area contributed by atoms with Gasteiger partial charge >= 0.3 is 0 Å². The van der Waals surface area contributed by atoms with Crippen molar-refractivity contribution in [1.82, 2.24) is 14.5 Å². The topological polar surface area (TPSA) is 76.6 Å². The molecule has 1 fully saturated rings. The number of carbonyl (C=O) groups is 1. The quantitative estimate of drug-likeness (QED) is 0.248. The van der Waals surface area contributed by atoms with Gasteiger partial charge in [0.2, 0.25) is 5.43 Å². The number of morpholine rings is 1. The van der Waals surface area contributed by atoms with Gasteiger partial charge in [-0.1, -0.05) is 42.5 Å². The number of amides is 1. The molecule has 1 aliphatic carbocycles. The number of nitrogens with zero attached hydrogens (tertiary/aromatic N) is 2. The molecule has 0 bridgehead atoms. The molecule has 8 heteroatoms. The van der Waals surface area contributed by atoms with Crippen LogP contribution in [0.1, 0.15) is 39.5 Å². The fourth-order valence-electron chi connectivity index (χ4n) is 7.42. The number of nitrogens with one attached hydrogen (secondary N) is 1. The molecule has 3 aliphatic rings. The lowest BCUT2D eigenvalue weighted by molar-refractivity contribution is 0.0301. The number of H-pyrrole nitrogens is 1. The first-order valence-electron chi connectivity index (χ1n) is 15.1. The van der Waals surface area contributed by atoms with Gasteiger partial charge in [0, 0.05) is 41.4 Å². The van der Waals surface area contributed by atoms with E-state index in [0.29, 0.717) is 61.0 Å². The van der Waals surface area contributed by atoms with E-state index in [1.165, 1.54) is 17.0 Å². The molecule has 0 spiro atoms. The lowest BCUT2D eigenvalue weighted by atomic mass is 9.81. The van der Waals surface area contributed by atoms with Crippen LogP contribution in [0, 0.1) is 5.82 Å². The summed E-state index contributed by atoms with van der Waals surface area (Å²) in [6.07, 6.45) is 3.81. The number of hydrogen-bond acceptors (Lipinski definition) is 4. The molecule has 6 aromatic rings. The van der Waals surface area contributed by atoms with Crippen LogP contribution >= 0.6 is 0 Å². The number of aromatic amines is 1. The average Bonchev–Trinajstić information content (AvgIpc) is 3.43. The van der Waals surface area contributed by atoms with E-state index in [4.69, 9.17) is 9.47 Å². The first-order chi connectivity index (χ1) is 21.5. The fraction of sp³-hybridized carbons (Fsp3) is 0.222. The summed E-state index contributed by atoms with van der Waals surface area (Å²) in [6, 6.07) is 21.5. The smallest absolute Gasteiger partial charge is 0.259 e. The standard InChI is InChI=1S/C36H28FN3O4/c37-27-18-25-33-35(32(27)22-9-10-24-23-7-3-4-8-28(23)38-29(24)15-22)44-31-17-21-6-2-1-5-20(21)16-30(31)40(33)19-26(34(25)41)36(42)39-11-13-43-14-12-39/h1-8,16-19,22,38H,9-15H2. The molecule has 0 radical (unpaired) electrons. The number of para-hydroxylation sites is 1. The fourth-order valence-corrected chi connectivity index (χ4v) is 7.42. The summed E-state index contributed by atoms with van der Waals surface area (Å²) in [5, 5.41) is 3.33. The molecule has 7 nitrogen and oxygen atoms in total. The number of fused-ring (bicyclic) bond motifs is 6. The van der Waals surface area contributed by atoms with Crippen LogP contribution in [0.5, 0.6) is 11.5 Å². The molecular formula is C36H28FN3O4. The first kappa shape index (κ1) is 25.5. The number of hydrogen-bond donors (Lipinski definition) is 1. The van der Waals surface area contributed by atoms with Crippen LogP contribution in [0.25, 0.3) is 38.3 Å². The SMILES string of the molecule is O=C(c1cn2c3c(c(C4CCc5c([nH]c6ccccc56)C4)c(F)cc3c1=O)Oc1cc3ccccc3cc1-2)N1CCOCC1. The highest BCUT2D eigenvalue weighted by Gasteiger charge is 2.34. The number of benzene rings is 4. The molecule has 218 valence electrons. The third-order valence-corrected chi connectivity index (χ3v) is 9.56. The maximum Gasteiger partial charge on any atom is 0.259 e. The highest BCUT2D eigenvalue weighted by atomic mass is 19.1. The van der Waals surface area contributed by atoms with Crippen molar-refractivity contribution in [3.05, 3.63) is 111 Å². The molecule has 2 aromatic heterocycles. The van der Waals surface area contributed by atoms with Crippen molar-refractivity contribution in [2.24, 2.45) is 0 Å². The largest absolute Gasteiger partial charge is 0.452 e. The van der Waals surface area contributed by atoms with Crippen molar-refractivity contribution >= 4 is 38.5 Å². The Balaban J connectivity index is 1.27. The second-order valence-electron chi connectivity index (χ2n) is 12.0. The van der Waals surface area contributed by atoms with Gasteiger partial charge in [-0.05, 0) is 65.8 Å². The first-order valence-corrected chi connectivity index (χ1v) is 15.1. The van der Waals surface area contributed by atoms with Crippen molar-refractivity contribution < 1.29 is 18.7 Å². The van der Waals surface area contributed by atoms with Crippen molar-refractivity contribution in [3.8, 4) is 17.2 Å². The Morgan fingerprint density at radius 1 is 0.955 bits per heavy atom. The van der Waals surface area contributed by atoms with Crippen LogP contribution in [-0.2, 0) is 17.6 Å². The minimum atomic E-state index is -0.492. The summed E-state index contributed by atoms with van der Waals surface area (Å²) >= 11 is 0. The summed E-state index contributed by atoms with van der Waals surface area (Å²) < 4.78 is 30.3. The van der Waals surface area contributed by atoms with E-state index in [1.807, 2.05) is 53.1 Å². The second kappa shape index (κ2) is 9.53. The Kier molecular flexibility index (Phi) is 5.53. The molecule has 4 heterocycles. The lowest BCUT2D eigenvalue weighted by Gasteiger charge is -2.31. The van der Waals surface area contributed by atoms with Crippen molar-refractivity contribution in [2.75, 3.05) is 26.3 Å². The molecule has 1 amide bonds. The molecule has 4 aromatic carbocycles. The summed E-state index contributed by atoms with van der Waals surface area (Å²) in [6.45, 7) is 1.63. The predicted octanol–water partition coefficient (Wildman–Crippen LogP) is 6.61. The van der Waals surface area contributed by atoms with Gasteiger partial charge in [-0.25, -0.2) is 4.39 Å². The van der Waals surface area contributed by atoms with E-state index < -0.39 is 11.2 Å². The maximum atomic E-state index is 16.4. The summed E-state index contributed by atoms with van der Waals surface area (Å²) in [5.74, 6) is -0.103. The van der Waals surface area contributed by atoms with E-state index >= 15 is 4.39 Å². The zero-order valence-electron chi connectivity index (χ0n) is 23.9. The molecule has 1 unspecified atom stereocenters. The molecule has 9 rings (SSSR count). The zero-order chi connectivity index (χ0) is 29.5.